The molecule has 0 spiro atoms. The standard InChI is InChI=1S/C24H30N2O5/c1-3-29-23(30-4-2)15-22(27)25-21-12-8-11-19-16-26(14-13-20(19)21)24(28)31-17-18-9-6-5-7-10-18/h5-12,23H,3-4,13-17H2,1-2H3,(H,25,27). The Labute approximate surface area is 183 Å². The molecule has 0 aliphatic carbocycles. The second-order valence-electron chi connectivity index (χ2n) is 7.25. The van der Waals surface area contributed by atoms with Crippen molar-refractivity contribution in [3.63, 3.8) is 0 Å². The van der Waals surface area contributed by atoms with E-state index in [9.17, 15) is 9.59 Å². The van der Waals surface area contributed by atoms with Crippen molar-refractivity contribution in [2.45, 2.75) is 46.1 Å². The molecule has 166 valence electrons. The van der Waals surface area contributed by atoms with Gasteiger partial charge < -0.3 is 24.4 Å². The molecule has 0 radical (unpaired) electrons. The molecular weight excluding hydrogens is 396 g/mol. The molecule has 0 fully saturated rings. The SMILES string of the molecule is CCOC(CC(=O)Nc1cccc2c1CCN(C(=O)OCc1ccccc1)C2)OCC. The van der Waals surface area contributed by atoms with Crippen LogP contribution in [0, 0.1) is 0 Å². The minimum absolute atomic E-state index is 0.128. The first-order valence-electron chi connectivity index (χ1n) is 10.7. The van der Waals surface area contributed by atoms with Gasteiger partial charge in [0, 0.05) is 32.0 Å². The minimum Gasteiger partial charge on any atom is -0.445 e. The van der Waals surface area contributed by atoms with Crippen LogP contribution >= 0.6 is 0 Å². The Kier molecular flexibility index (Phi) is 8.44. The maximum atomic E-state index is 12.5. The Bertz CT molecular complexity index is 866. The summed E-state index contributed by atoms with van der Waals surface area (Å²) in [6.45, 7) is 5.94. The Morgan fingerprint density at radius 2 is 1.77 bits per heavy atom. The monoisotopic (exact) mass is 426 g/mol. The number of nitrogens with one attached hydrogen (secondary N) is 1. The summed E-state index contributed by atoms with van der Waals surface area (Å²) in [5.74, 6) is -0.162. The molecular formula is C24H30N2O5. The molecule has 1 N–H and O–H groups in total. The van der Waals surface area contributed by atoms with Crippen LogP contribution in [-0.4, -0.2) is 42.9 Å². The van der Waals surface area contributed by atoms with Crippen LogP contribution in [0.2, 0.25) is 0 Å². The summed E-state index contributed by atoms with van der Waals surface area (Å²) in [6, 6.07) is 15.4. The molecule has 1 aliphatic heterocycles. The lowest BCUT2D eigenvalue weighted by atomic mass is 9.98. The predicted octanol–water partition coefficient (Wildman–Crippen LogP) is 4.11. The Hall–Kier alpha value is -2.90. The summed E-state index contributed by atoms with van der Waals surface area (Å²) >= 11 is 0. The second kappa shape index (κ2) is 11.5. The summed E-state index contributed by atoms with van der Waals surface area (Å²) in [7, 11) is 0. The van der Waals surface area contributed by atoms with Gasteiger partial charge in [-0.15, -0.1) is 0 Å². The van der Waals surface area contributed by atoms with Crippen molar-refractivity contribution >= 4 is 17.7 Å². The fraction of sp³-hybridized carbons (Fsp3) is 0.417. The van der Waals surface area contributed by atoms with Crippen LogP contribution in [0.5, 0.6) is 0 Å². The van der Waals surface area contributed by atoms with Gasteiger partial charge in [-0.3, -0.25) is 4.79 Å². The van der Waals surface area contributed by atoms with Crippen molar-refractivity contribution in [2.75, 3.05) is 25.1 Å². The largest absolute Gasteiger partial charge is 0.445 e. The van der Waals surface area contributed by atoms with E-state index in [1.807, 2.05) is 62.4 Å². The van der Waals surface area contributed by atoms with E-state index in [1.54, 1.807) is 4.90 Å². The summed E-state index contributed by atoms with van der Waals surface area (Å²) in [4.78, 5) is 26.7. The number of anilines is 1. The molecule has 31 heavy (non-hydrogen) atoms. The Morgan fingerprint density at radius 1 is 1.03 bits per heavy atom. The highest BCUT2D eigenvalue weighted by molar-refractivity contribution is 5.92. The van der Waals surface area contributed by atoms with Crippen molar-refractivity contribution in [3.05, 3.63) is 65.2 Å². The molecule has 0 atom stereocenters. The molecule has 0 bridgehead atoms. The van der Waals surface area contributed by atoms with Gasteiger partial charge in [-0.25, -0.2) is 4.79 Å². The van der Waals surface area contributed by atoms with Gasteiger partial charge in [0.05, 0.1) is 6.42 Å². The molecule has 0 saturated heterocycles. The number of rotatable bonds is 9. The van der Waals surface area contributed by atoms with Gasteiger partial charge in [0.15, 0.2) is 6.29 Å². The highest BCUT2D eigenvalue weighted by Crippen LogP contribution is 2.27. The molecule has 7 nitrogen and oxygen atoms in total. The zero-order valence-corrected chi connectivity index (χ0v) is 18.1. The number of hydrogen-bond acceptors (Lipinski definition) is 5. The number of fused-ring (bicyclic) bond motifs is 1. The van der Waals surface area contributed by atoms with Crippen LogP contribution in [0.15, 0.2) is 48.5 Å². The fourth-order valence-corrected chi connectivity index (χ4v) is 3.58. The van der Waals surface area contributed by atoms with E-state index >= 15 is 0 Å². The van der Waals surface area contributed by atoms with Gasteiger partial charge in [-0.05, 0) is 43.0 Å². The lowest BCUT2D eigenvalue weighted by Gasteiger charge is -2.29. The first kappa shape index (κ1) is 22.8. The minimum atomic E-state index is -0.551. The van der Waals surface area contributed by atoms with Crippen molar-refractivity contribution in [3.8, 4) is 0 Å². The topological polar surface area (TPSA) is 77.1 Å². The highest BCUT2D eigenvalue weighted by Gasteiger charge is 2.24. The third-order valence-corrected chi connectivity index (χ3v) is 5.06. The van der Waals surface area contributed by atoms with Crippen LogP contribution < -0.4 is 5.32 Å². The van der Waals surface area contributed by atoms with Gasteiger partial charge in [0.1, 0.15) is 6.61 Å². The Balaban J connectivity index is 1.58. The average molecular weight is 427 g/mol. The summed E-state index contributed by atoms with van der Waals surface area (Å²) in [5.41, 5.74) is 3.78. The lowest BCUT2D eigenvalue weighted by molar-refractivity contribution is -0.150. The van der Waals surface area contributed by atoms with Crippen LogP contribution in [0.4, 0.5) is 10.5 Å². The van der Waals surface area contributed by atoms with E-state index in [4.69, 9.17) is 14.2 Å². The maximum absolute atomic E-state index is 12.5. The predicted molar refractivity (Wildman–Crippen MR) is 117 cm³/mol. The normalized spacial score (nSPS) is 13.1. The van der Waals surface area contributed by atoms with Crippen molar-refractivity contribution in [1.29, 1.82) is 0 Å². The summed E-state index contributed by atoms with van der Waals surface area (Å²) in [6.07, 6.45) is -0.111. The molecule has 2 amide bonds. The zero-order valence-electron chi connectivity index (χ0n) is 18.1. The fourth-order valence-electron chi connectivity index (χ4n) is 3.58. The van der Waals surface area contributed by atoms with E-state index < -0.39 is 6.29 Å². The third kappa shape index (κ3) is 6.54. The smallest absolute Gasteiger partial charge is 0.410 e. The van der Waals surface area contributed by atoms with Gasteiger partial charge in [0.25, 0.3) is 0 Å². The quantitative estimate of drug-likeness (QED) is 0.611. The van der Waals surface area contributed by atoms with Gasteiger partial charge in [-0.1, -0.05) is 42.5 Å². The third-order valence-electron chi connectivity index (χ3n) is 5.06. The van der Waals surface area contributed by atoms with E-state index in [1.165, 1.54) is 0 Å². The molecule has 1 aliphatic rings. The second-order valence-corrected chi connectivity index (χ2v) is 7.25. The number of nitrogens with zero attached hydrogens (tertiary/aromatic N) is 1. The number of ether oxygens (including phenoxy) is 3. The number of carbonyl (C=O) groups is 2. The van der Waals surface area contributed by atoms with E-state index in [0.29, 0.717) is 32.7 Å². The van der Waals surface area contributed by atoms with Crippen molar-refractivity contribution < 1.29 is 23.8 Å². The molecule has 2 aromatic carbocycles. The molecule has 2 aromatic rings. The van der Waals surface area contributed by atoms with Crippen LogP contribution in [0.1, 0.15) is 37.0 Å². The molecule has 0 unspecified atom stereocenters. The molecule has 1 heterocycles. The summed E-state index contributed by atoms with van der Waals surface area (Å²) < 4.78 is 16.4. The molecule has 7 heteroatoms. The first-order chi connectivity index (χ1) is 15.1. The van der Waals surface area contributed by atoms with Gasteiger partial charge >= 0.3 is 6.09 Å². The first-order valence-corrected chi connectivity index (χ1v) is 10.7. The number of carbonyl (C=O) groups excluding carboxylic acids is 2. The van der Waals surface area contributed by atoms with E-state index in [0.717, 1.165) is 22.4 Å². The molecule has 0 aromatic heterocycles. The average Bonchev–Trinajstić information content (AvgIpc) is 2.78. The van der Waals surface area contributed by atoms with Crippen LogP contribution in [0.3, 0.4) is 0 Å². The lowest BCUT2D eigenvalue weighted by Crippen LogP contribution is -2.36. The van der Waals surface area contributed by atoms with Crippen LogP contribution in [0.25, 0.3) is 0 Å². The number of benzene rings is 2. The van der Waals surface area contributed by atoms with Crippen molar-refractivity contribution in [1.82, 2.24) is 4.90 Å². The van der Waals surface area contributed by atoms with Gasteiger partial charge in [0.2, 0.25) is 5.91 Å². The van der Waals surface area contributed by atoms with Crippen LogP contribution in [-0.2, 0) is 38.6 Å². The maximum Gasteiger partial charge on any atom is 0.410 e. The zero-order chi connectivity index (χ0) is 22.1. The highest BCUT2D eigenvalue weighted by atomic mass is 16.7. The number of amides is 2. The number of hydrogen-bond donors (Lipinski definition) is 1. The van der Waals surface area contributed by atoms with Crippen molar-refractivity contribution in [2.24, 2.45) is 0 Å². The summed E-state index contributed by atoms with van der Waals surface area (Å²) in [5, 5.41) is 2.97. The molecule has 3 rings (SSSR count). The van der Waals surface area contributed by atoms with Gasteiger partial charge in [-0.2, -0.15) is 0 Å². The molecule has 0 saturated carbocycles. The van der Waals surface area contributed by atoms with E-state index in [2.05, 4.69) is 5.32 Å². The van der Waals surface area contributed by atoms with E-state index in [-0.39, 0.29) is 25.0 Å². The Morgan fingerprint density at radius 3 is 2.48 bits per heavy atom.